The van der Waals surface area contributed by atoms with Gasteiger partial charge in [0.25, 0.3) is 17.7 Å². The summed E-state index contributed by atoms with van der Waals surface area (Å²) in [5.74, 6) is -1.09. The molecule has 1 aromatic carbocycles. The lowest BCUT2D eigenvalue weighted by Gasteiger charge is -2.15. The first-order chi connectivity index (χ1) is 14.1. The lowest BCUT2D eigenvalue weighted by Crippen LogP contribution is -2.29. The minimum absolute atomic E-state index is 0.00413. The first-order valence-electron chi connectivity index (χ1n) is 8.71. The van der Waals surface area contributed by atoms with Gasteiger partial charge in [-0.2, -0.15) is 18.2 Å². The first-order valence-corrected chi connectivity index (χ1v) is 8.71. The van der Waals surface area contributed by atoms with Gasteiger partial charge in [-0.25, -0.2) is 4.98 Å². The molecule has 4 rings (SSSR count). The molecule has 3 heterocycles. The van der Waals surface area contributed by atoms with Crippen molar-refractivity contribution in [2.24, 2.45) is 0 Å². The van der Waals surface area contributed by atoms with E-state index in [1.807, 2.05) is 0 Å². The van der Waals surface area contributed by atoms with Gasteiger partial charge >= 0.3 is 6.18 Å². The number of carbonyl (C=O) groups excluding carboxylic acids is 2. The van der Waals surface area contributed by atoms with Crippen LogP contribution in [-0.4, -0.2) is 31.8 Å². The third-order valence-electron chi connectivity index (χ3n) is 4.66. The molecule has 30 heavy (non-hydrogen) atoms. The van der Waals surface area contributed by atoms with Crippen molar-refractivity contribution in [1.29, 1.82) is 0 Å². The van der Waals surface area contributed by atoms with Crippen LogP contribution in [0.2, 0.25) is 0 Å². The van der Waals surface area contributed by atoms with E-state index >= 15 is 0 Å². The molecule has 0 unspecified atom stereocenters. The van der Waals surface area contributed by atoms with Crippen molar-refractivity contribution >= 4 is 17.5 Å². The highest BCUT2D eigenvalue weighted by atomic mass is 19.4. The number of rotatable bonds is 3. The fourth-order valence-corrected chi connectivity index (χ4v) is 3.29. The van der Waals surface area contributed by atoms with Crippen molar-refractivity contribution < 1.29 is 27.3 Å². The molecule has 0 radical (unpaired) electrons. The summed E-state index contributed by atoms with van der Waals surface area (Å²) in [7, 11) is 0. The van der Waals surface area contributed by atoms with E-state index in [-0.39, 0.29) is 46.2 Å². The number of alkyl halides is 3. The molecule has 11 heteroatoms. The van der Waals surface area contributed by atoms with Gasteiger partial charge in [0, 0.05) is 0 Å². The molecule has 154 valence electrons. The Morgan fingerprint density at radius 1 is 1.10 bits per heavy atom. The van der Waals surface area contributed by atoms with Crippen molar-refractivity contribution in [3.8, 4) is 11.6 Å². The third-order valence-corrected chi connectivity index (χ3v) is 4.66. The fraction of sp³-hybridized carbons (Fsp3) is 0.211. The van der Waals surface area contributed by atoms with Crippen LogP contribution in [0.3, 0.4) is 0 Å². The lowest BCUT2D eigenvalue weighted by atomic mass is 10.0. The number of nitrogen functional groups attached to an aromatic ring is 1. The number of anilines is 1. The predicted octanol–water partition coefficient (Wildman–Crippen LogP) is 3.15. The van der Waals surface area contributed by atoms with Gasteiger partial charge in [-0.3, -0.25) is 14.5 Å². The van der Waals surface area contributed by atoms with Crippen molar-refractivity contribution in [3.63, 3.8) is 0 Å². The molecular weight excluding hydrogens is 403 g/mol. The molecule has 8 nitrogen and oxygen atoms in total. The molecule has 2 N–H and O–H groups in total. The minimum atomic E-state index is -4.54. The number of imide groups is 1. The number of pyridine rings is 1. The minimum Gasteiger partial charge on any atom is -0.396 e. The van der Waals surface area contributed by atoms with Gasteiger partial charge in [0.2, 0.25) is 0 Å². The zero-order chi connectivity index (χ0) is 21.8. The number of benzene rings is 1. The number of nitrogens with zero attached hydrogens (tertiary/aromatic N) is 4. The monoisotopic (exact) mass is 417 g/mol. The van der Waals surface area contributed by atoms with Gasteiger partial charge in [-0.05, 0) is 31.5 Å². The summed E-state index contributed by atoms with van der Waals surface area (Å²) in [5.41, 5.74) is 5.47. The Morgan fingerprint density at radius 3 is 2.43 bits per heavy atom. The summed E-state index contributed by atoms with van der Waals surface area (Å²) in [4.78, 5) is 34.9. The van der Waals surface area contributed by atoms with Crippen LogP contribution in [0.4, 0.5) is 18.9 Å². The van der Waals surface area contributed by atoms with Crippen LogP contribution in [0.1, 0.15) is 43.4 Å². The molecule has 2 amide bonds. The van der Waals surface area contributed by atoms with E-state index < -0.39 is 23.6 Å². The Bertz CT molecular complexity index is 1200. The maximum Gasteiger partial charge on any atom is 0.416 e. The first kappa shape index (κ1) is 19.6. The Labute approximate surface area is 167 Å². The van der Waals surface area contributed by atoms with Crippen LogP contribution < -0.4 is 5.73 Å². The molecule has 1 aliphatic heterocycles. The molecule has 0 fully saturated rings. The summed E-state index contributed by atoms with van der Waals surface area (Å²) in [5, 5.41) is 3.65. The van der Waals surface area contributed by atoms with E-state index in [1.165, 1.54) is 19.1 Å². The average Bonchev–Trinajstić information content (AvgIpc) is 3.21. The Hall–Kier alpha value is -3.76. The normalized spacial score (nSPS) is 13.8. The summed E-state index contributed by atoms with van der Waals surface area (Å²) < 4.78 is 44.0. The van der Waals surface area contributed by atoms with Crippen molar-refractivity contribution in [2.45, 2.75) is 26.6 Å². The molecule has 3 aromatic rings. The van der Waals surface area contributed by atoms with E-state index in [0.29, 0.717) is 5.82 Å². The zero-order valence-electron chi connectivity index (χ0n) is 15.7. The molecule has 0 saturated carbocycles. The number of hydrogen-bond donors (Lipinski definition) is 1. The largest absolute Gasteiger partial charge is 0.416 e. The van der Waals surface area contributed by atoms with Crippen molar-refractivity contribution in [3.05, 3.63) is 58.0 Å². The average molecular weight is 417 g/mol. The fourth-order valence-electron chi connectivity index (χ4n) is 3.29. The second-order valence-corrected chi connectivity index (χ2v) is 6.75. The summed E-state index contributed by atoms with van der Waals surface area (Å²) >= 11 is 0. The van der Waals surface area contributed by atoms with Gasteiger partial charge in [-0.15, -0.1) is 0 Å². The molecular formula is C19H14F3N5O3. The predicted molar refractivity (Wildman–Crippen MR) is 97.1 cm³/mol. The van der Waals surface area contributed by atoms with Gasteiger partial charge in [0.15, 0.2) is 11.5 Å². The number of carbonyl (C=O) groups is 2. The van der Waals surface area contributed by atoms with Crippen LogP contribution in [0.25, 0.3) is 11.6 Å². The van der Waals surface area contributed by atoms with Crippen molar-refractivity contribution in [2.75, 3.05) is 5.73 Å². The molecule has 0 bridgehead atoms. The quantitative estimate of drug-likeness (QED) is 0.651. The molecule has 2 aromatic heterocycles. The molecule has 0 atom stereocenters. The Kier molecular flexibility index (Phi) is 4.33. The van der Waals surface area contributed by atoms with Crippen LogP contribution in [0.5, 0.6) is 0 Å². The van der Waals surface area contributed by atoms with E-state index in [1.54, 1.807) is 6.92 Å². The lowest BCUT2D eigenvalue weighted by molar-refractivity contribution is -0.137. The second kappa shape index (κ2) is 6.65. The molecule has 0 aliphatic carbocycles. The molecule has 1 aliphatic rings. The third kappa shape index (κ3) is 3.08. The smallest absolute Gasteiger partial charge is 0.396 e. The number of aromatic nitrogens is 3. The van der Waals surface area contributed by atoms with Crippen LogP contribution in [0.15, 0.2) is 28.8 Å². The van der Waals surface area contributed by atoms with E-state index in [4.69, 9.17) is 10.3 Å². The number of halogens is 3. The van der Waals surface area contributed by atoms with Gasteiger partial charge in [0.05, 0.1) is 34.6 Å². The highest BCUT2D eigenvalue weighted by Gasteiger charge is 2.41. The summed E-state index contributed by atoms with van der Waals surface area (Å²) in [6, 6.07) is 4.43. The zero-order valence-corrected chi connectivity index (χ0v) is 15.7. The highest BCUT2D eigenvalue weighted by molar-refractivity contribution is 6.24. The van der Waals surface area contributed by atoms with Crippen LogP contribution in [-0.2, 0) is 12.7 Å². The SMILES string of the molecule is Cc1noc(-c2nc(C)c3c(c2N)C(=O)N(Cc2cccc(C(F)(F)F)c2)C3=O)n1. The second-order valence-electron chi connectivity index (χ2n) is 6.75. The standard InChI is InChI=1S/C19H14F3N5O3/c1-8-12-13(14(23)15(24-8)16-25-9(2)26-30-16)18(29)27(17(12)28)7-10-4-3-5-11(6-10)19(20,21)22/h3-6H,7,23H2,1-2H3. The van der Waals surface area contributed by atoms with Gasteiger partial charge in [0.1, 0.15) is 0 Å². The van der Waals surface area contributed by atoms with Gasteiger partial charge in [-0.1, -0.05) is 17.3 Å². The number of amides is 2. The van der Waals surface area contributed by atoms with Crippen molar-refractivity contribution in [1.82, 2.24) is 20.0 Å². The number of nitrogens with two attached hydrogens (primary N) is 1. The number of aryl methyl sites for hydroxylation is 2. The number of hydrogen-bond acceptors (Lipinski definition) is 7. The maximum atomic E-state index is 13.0. The maximum absolute atomic E-state index is 13.0. The van der Waals surface area contributed by atoms with E-state index in [9.17, 15) is 22.8 Å². The van der Waals surface area contributed by atoms with Gasteiger partial charge < -0.3 is 10.3 Å². The number of fused-ring (bicyclic) bond motifs is 1. The Balaban J connectivity index is 1.74. The van der Waals surface area contributed by atoms with Crippen LogP contribution >= 0.6 is 0 Å². The Morgan fingerprint density at radius 2 is 1.80 bits per heavy atom. The summed E-state index contributed by atoms with van der Waals surface area (Å²) in [6.07, 6.45) is -4.54. The van der Waals surface area contributed by atoms with E-state index in [2.05, 4.69) is 15.1 Å². The van der Waals surface area contributed by atoms with E-state index in [0.717, 1.165) is 17.0 Å². The molecule has 0 saturated heterocycles. The topological polar surface area (TPSA) is 115 Å². The molecule has 0 spiro atoms. The summed E-state index contributed by atoms with van der Waals surface area (Å²) in [6.45, 7) is 2.77. The highest BCUT2D eigenvalue weighted by Crippen LogP contribution is 2.36. The van der Waals surface area contributed by atoms with Crippen LogP contribution in [0, 0.1) is 13.8 Å².